The summed E-state index contributed by atoms with van der Waals surface area (Å²) >= 11 is 0. The van der Waals surface area contributed by atoms with E-state index in [0.717, 1.165) is 11.3 Å². The van der Waals surface area contributed by atoms with Crippen LogP contribution in [0.2, 0.25) is 0 Å². The molecule has 21 heavy (non-hydrogen) atoms. The van der Waals surface area contributed by atoms with Crippen molar-refractivity contribution in [3.8, 4) is 0 Å². The Labute approximate surface area is 123 Å². The lowest BCUT2D eigenvalue weighted by atomic mass is 9.98. The van der Waals surface area contributed by atoms with Crippen molar-refractivity contribution in [1.29, 1.82) is 0 Å². The first-order chi connectivity index (χ1) is 10.3. The lowest BCUT2D eigenvalue weighted by molar-refractivity contribution is 0.628. The van der Waals surface area contributed by atoms with Gasteiger partial charge in [-0.2, -0.15) is 0 Å². The molecular weight excluding hydrogens is 263 g/mol. The normalized spacial score (nSPS) is 12.3. The standard InChI is InChI=1S/C18H17FN2/c19-14-8-10-15(11-9-14)21-18(12-20)17-7-3-5-13-4-1-2-6-16(13)17/h1-11,18,21H,12,20H2. The fourth-order valence-corrected chi connectivity index (χ4v) is 2.57. The van der Waals surface area contributed by atoms with Gasteiger partial charge < -0.3 is 11.1 Å². The molecule has 0 bridgehead atoms. The molecule has 0 aliphatic heterocycles. The molecule has 0 spiro atoms. The molecule has 3 aromatic rings. The summed E-state index contributed by atoms with van der Waals surface area (Å²) in [6.45, 7) is 0.464. The van der Waals surface area contributed by atoms with Gasteiger partial charge in [-0.3, -0.25) is 0 Å². The lowest BCUT2D eigenvalue weighted by Crippen LogP contribution is -2.20. The van der Waals surface area contributed by atoms with Crippen molar-refractivity contribution >= 4 is 16.5 Å². The second-order valence-electron chi connectivity index (χ2n) is 5.01. The molecule has 1 atom stereocenters. The van der Waals surface area contributed by atoms with E-state index in [4.69, 9.17) is 5.73 Å². The molecule has 2 nitrogen and oxygen atoms in total. The van der Waals surface area contributed by atoms with E-state index in [9.17, 15) is 4.39 Å². The van der Waals surface area contributed by atoms with Crippen molar-refractivity contribution in [2.75, 3.05) is 11.9 Å². The van der Waals surface area contributed by atoms with Crippen LogP contribution in [0.5, 0.6) is 0 Å². The summed E-state index contributed by atoms with van der Waals surface area (Å²) in [5, 5.41) is 5.75. The Kier molecular flexibility index (Phi) is 3.84. The molecule has 0 radical (unpaired) electrons. The molecule has 3 rings (SSSR count). The van der Waals surface area contributed by atoms with Crippen LogP contribution in [0.25, 0.3) is 10.8 Å². The van der Waals surface area contributed by atoms with E-state index in [-0.39, 0.29) is 11.9 Å². The van der Waals surface area contributed by atoms with Crippen LogP contribution in [0, 0.1) is 5.82 Å². The van der Waals surface area contributed by atoms with Crippen molar-refractivity contribution in [1.82, 2.24) is 0 Å². The van der Waals surface area contributed by atoms with Gasteiger partial charge in [0.05, 0.1) is 6.04 Å². The molecule has 0 aromatic heterocycles. The third-order valence-corrected chi connectivity index (χ3v) is 3.62. The zero-order valence-corrected chi connectivity index (χ0v) is 11.6. The maximum atomic E-state index is 13.0. The highest BCUT2D eigenvalue weighted by Crippen LogP contribution is 2.26. The second kappa shape index (κ2) is 5.94. The molecule has 0 amide bonds. The van der Waals surface area contributed by atoms with E-state index in [1.54, 1.807) is 12.1 Å². The van der Waals surface area contributed by atoms with Crippen molar-refractivity contribution in [2.24, 2.45) is 5.73 Å². The Morgan fingerprint density at radius 3 is 2.38 bits per heavy atom. The fourth-order valence-electron chi connectivity index (χ4n) is 2.57. The quantitative estimate of drug-likeness (QED) is 0.755. The highest BCUT2D eigenvalue weighted by molar-refractivity contribution is 5.86. The van der Waals surface area contributed by atoms with Crippen LogP contribution >= 0.6 is 0 Å². The van der Waals surface area contributed by atoms with Crippen LogP contribution in [0.1, 0.15) is 11.6 Å². The zero-order chi connectivity index (χ0) is 14.7. The maximum Gasteiger partial charge on any atom is 0.123 e. The van der Waals surface area contributed by atoms with Gasteiger partial charge >= 0.3 is 0 Å². The van der Waals surface area contributed by atoms with Gasteiger partial charge in [-0.1, -0.05) is 42.5 Å². The molecular formula is C18H17FN2. The van der Waals surface area contributed by atoms with E-state index in [1.807, 2.05) is 18.2 Å². The van der Waals surface area contributed by atoms with Crippen LogP contribution in [0.4, 0.5) is 10.1 Å². The first kappa shape index (κ1) is 13.6. The summed E-state index contributed by atoms with van der Waals surface area (Å²) in [5.74, 6) is -0.241. The monoisotopic (exact) mass is 280 g/mol. The Bertz CT molecular complexity index is 732. The Hall–Kier alpha value is -2.39. The Balaban J connectivity index is 1.96. The SMILES string of the molecule is NCC(Nc1ccc(F)cc1)c1cccc2ccccc12. The van der Waals surface area contributed by atoms with Crippen LogP contribution in [0.15, 0.2) is 66.7 Å². The minimum absolute atomic E-state index is 0.0124. The van der Waals surface area contributed by atoms with Crippen LogP contribution < -0.4 is 11.1 Å². The smallest absolute Gasteiger partial charge is 0.123 e. The number of hydrogen-bond acceptors (Lipinski definition) is 2. The number of anilines is 1. The van der Waals surface area contributed by atoms with Crippen molar-refractivity contribution in [3.63, 3.8) is 0 Å². The number of hydrogen-bond donors (Lipinski definition) is 2. The predicted octanol–water partition coefficient (Wildman–Crippen LogP) is 4.09. The molecule has 3 heteroatoms. The molecule has 0 saturated heterocycles. The van der Waals surface area contributed by atoms with E-state index in [0.29, 0.717) is 6.54 Å². The highest BCUT2D eigenvalue weighted by Gasteiger charge is 2.12. The van der Waals surface area contributed by atoms with Gasteiger partial charge in [-0.25, -0.2) is 4.39 Å². The third kappa shape index (κ3) is 2.88. The van der Waals surface area contributed by atoms with Crippen LogP contribution in [0.3, 0.4) is 0 Å². The summed E-state index contributed by atoms with van der Waals surface area (Å²) in [5.41, 5.74) is 7.95. The zero-order valence-electron chi connectivity index (χ0n) is 11.6. The largest absolute Gasteiger partial charge is 0.377 e. The second-order valence-corrected chi connectivity index (χ2v) is 5.01. The average Bonchev–Trinajstić information content (AvgIpc) is 2.54. The predicted molar refractivity (Wildman–Crippen MR) is 85.8 cm³/mol. The third-order valence-electron chi connectivity index (χ3n) is 3.62. The molecule has 0 saturated carbocycles. The first-order valence-corrected chi connectivity index (χ1v) is 6.98. The van der Waals surface area contributed by atoms with Crippen molar-refractivity contribution in [3.05, 3.63) is 78.1 Å². The average molecular weight is 280 g/mol. The van der Waals surface area contributed by atoms with E-state index in [2.05, 4.69) is 29.6 Å². The first-order valence-electron chi connectivity index (χ1n) is 6.98. The van der Waals surface area contributed by atoms with Gasteiger partial charge in [0.2, 0.25) is 0 Å². The number of rotatable bonds is 4. The van der Waals surface area contributed by atoms with Gasteiger partial charge in [0.25, 0.3) is 0 Å². The molecule has 0 aliphatic carbocycles. The minimum atomic E-state index is -0.241. The number of nitrogens with one attached hydrogen (secondary N) is 1. The van der Waals surface area contributed by atoms with E-state index < -0.39 is 0 Å². The van der Waals surface area contributed by atoms with Gasteiger partial charge in [0.15, 0.2) is 0 Å². The number of halogens is 1. The van der Waals surface area contributed by atoms with Crippen molar-refractivity contribution in [2.45, 2.75) is 6.04 Å². The van der Waals surface area contributed by atoms with Crippen molar-refractivity contribution < 1.29 is 4.39 Å². The molecule has 106 valence electrons. The lowest BCUT2D eigenvalue weighted by Gasteiger charge is -2.20. The summed E-state index contributed by atoms with van der Waals surface area (Å²) < 4.78 is 13.0. The van der Waals surface area contributed by atoms with Gasteiger partial charge in [0.1, 0.15) is 5.82 Å². The molecule has 0 aliphatic rings. The maximum absolute atomic E-state index is 13.0. The Morgan fingerprint density at radius 1 is 0.905 bits per heavy atom. The summed E-state index contributed by atoms with van der Waals surface area (Å²) in [4.78, 5) is 0. The summed E-state index contributed by atoms with van der Waals surface area (Å²) in [6.07, 6.45) is 0. The van der Waals surface area contributed by atoms with Gasteiger partial charge in [-0.15, -0.1) is 0 Å². The van der Waals surface area contributed by atoms with Crippen LogP contribution in [-0.2, 0) is 0 Å². The molecule has 0 fully saturated rings. The van der Waals surface area contributed by atoms with E-state index in [1.165, 1.54) is 22.9 Å². The van der Waals surface area contributed by atoms with E-state index >= 15 is 0 Å². The highest BCUT2D eigenvalue weighted by atomic mass is 19.1. The summed E-state index contributed by atoms with van der Waals surface area (Å²) in [6, 6.07) is 20.8. The van der Waals surface area contributed by atoms with Crippen LogP contribution in [-0.4, -0.2) is 6.54 Å². The minimum Gasteiger partial charge on any atom is -0.377 e. The molecule has 0 heterocycles. The van der Waals surface area contributed by atoms with Gasteiger partial charge in [-0.05, 0) is 40.6 Å². The summed E-state index contributed by atoms with van der Waals surface area (Å²) in [7, 11) is 0. The topological polar surface area (TPSA) is 38.0 Å². The fraction of sp³-hybridized carbons (Fsp3) is 0.111. The number of nitrogens with two attached hydrogens (primary N) is 1. The molecule has 3 aromatic carbocycles. The number of benzene rings is 3. The van der Waals surface area contributed by atoms with Gasteiger partial charge in [0, 0.05) is 12.2 Å². The molecule has 3 N–H and O–H groups in total. The number of fused-ring (bicyclic) bond motifs is 1. The molecule has 1 unspecified atom stereocenters. The Morgan fingerprint density at radius 2 is 1.62 bits per heavy atom.